The number of nitrogens with one attached hydrogen (secondary N) is 1. The van der Waals surface area contributed by atoms with Crippen LogP contribution in [0.3, 0.4) is 0 Å². The van der Waals surface area contributed by atoms with Gasteiger partial charge in [-0.05, 0) is 44.1 Å². The number of nitrogens with two attached hydrogens (primary N) is 1. The van der Waals surface area contributed by atoms with Gasteiger partial charge in [0.1, 0.15) is 5.82 Å². The predicted molar refractivity (Wildman–Crippen MR) is 132 cm³/mol. The van der Waals surface area contributed by atoms with E-state index in [4.69, 9.17) is 10.5 Å². The fourth-order valence-corrected chi connectivity index (χ4v) is 4.42. The molecule has 178 valence electrons. The van der Waals surface area contributed by atoms with Crippen molar-refractivity contribution in [2.45, 2.75) is 32.5 Å². The first kappa shape index (κ1) is 23.4. The van der Waals surface area contributed by atoms with Gasteiger partial charge in [-0.2, -0.15) is 0 Å². The van der Waals surface area contributed by atoms with E-state index in [2.05, 4.69) is 40.6 Å². The number of carbonyl (C=O) groups excluding carboxylic acids is 2. The maximum absolute atomic E-state index is 12.2. The molecule has 4 rings (SSSR count). The summed E-state index contributed by atoms with van der Waals surface area (Å²) in [5.74, 6) is 0.199. The number of ether oxygens (including phenoxy) is 1. The fraction of sp³-hybridized carbons (Fsp3) is 0.360. The molecule has 3 N–H and O–H groups in total. The summed E-state index contributed by atoms with van der Waals surface area (Å²) in [6, 6.07) is 3.89. The second-order valence-corrected chi connectivity index (χ2v) is 8.63. The van der Waals surface area contributed by atoms with Crippen molar-refractivity contribution in [2.24, 2.45) is 5.73 Å². The van der Waals surface area contributed by atoms with Crippen LogP contribution in [0.25, 0.3) is 5.57 Å². The van der Waals surface area contributed by atoms with E-state index in [1.165, 1.54) is 12.3 Å². The van der Waals surface area contributed by atoms with Crippen molar-refractivity contribution in [3.8, 4) is 0 Å². The molecule has 1 fully saturated rings. The fourth-order valence-electron chi connectivity index (χ4n) is 4.42. The number of amides is 2. The summed E-state index contributed by atoms with van der Waals surface area (Å²) in [5.41, 5.74) is 9.04. The van der Waals surface area contributed by atoms with E-state index >= 15 is 0 Å². The molecule has 0 unspecified atom stereocenters. The second-order valence-electron chi connectivity index (χ2n) is 8.63. The zero-order valence-electron chi connectivity index (χ0n) is 19.5. The van der Waals surface area contributed by atoms with Crippen molar-refractivity contribution in [1.29, 1.82) is 0 Å². The second kappa shape index (κ2) is 10.0. The number of carbonyl (C=O) groups is 2. The monoisotopic (exact) mass is 462 g/mol. The average Bonchev–Trinajstić information content (AvgIpc) is 2.83. The van der Waals surface area contributed by atoms with Gasteiger partial charge in [0.15, 0.2) is 0 Å². The molecule has 2 aromatic heterocycles. The molecule has 2 aromatic rings. The average molecular weight is 463 g/mol. The Morgan fingerprint density at radius 2 is 1.97 bits per heavy atom. The topological polar surface area (TPSA) is 114 Å². The van der Waals surface area contributed by atoms with E-state index in [9.17, 15) is 9.59 Å². The van der Waals surface area contributed by atoms with Crippen LogP contribution in [0, 0.1) is 0 Å². The lowest BCUT2D eigenvalue weighted by molar-refractivity contribution is -0.125. The maximum Gasteiger partial charge on any atom is 0.252 e. The molecular weight excluding hydrogens is 432 g/mol. The van der Waals surface area contributed by atoms with Crippen LogP contribution < -0.4 is 16.0 Å². The van der Waals surface area contributed by atoms with E-state index in [-0.39, 0.29) is 18.1 Å². The molecule has 0 spiro atoms. The van der Waals surface area contributed by atoms with Crippen LogP contribution >= 0.6 is 0 Å². The minimum Gasteiger partial charge on any atom is -0.372 e. The Labute approximate surface area is 199 Å². The summed E-state index contributed by atoms with van der Waals surface area (Å²) >= 11 is 0. The number of rotatable bonds is 6. The molecule has 0 radical (unpaired) electrons. The molecule has 2 aliphatic rings. The normalized spacial score (nSPS) is 20.5. The predicted octanol–water partition coefficient (Wildman–Crippen LogP) is 2.73. The molecule has 2 amide bonds. The Kier molecular flexibility index (Phi) is 6.93. The minimum absolute atomic E-state index is 0.104. The molecule has 2 aliphatic heterocycles. The van der Waals surface area contributed by atoms with Crippen LogP contribution in [-0.2, 0) is 9.53 Å². The highest BCUT2D eigenvalue weighted by atomic mass is 16.5. The van der Waals surface area contributed by atoms with Gasteiger partial charge in [-0.25, -0.2) is 4.98 Å². The van der Waals surface area contributed by atoms with Crippen LogP contribution in [0.4, 0.5) is 17.2 Å². The number of primary amides is 1. The van der Waals surface area contributed by atoms with Crippen LogP contribution in [-0.4, -0.2) is 65.1 Å². The highest BCUT2D eigenvalue weighted by Gasteiger charge is 2.24. The van der Waals surface area contributed by atoms with Gasteiger partial charge < -0.3 is 25.6 Å². The van der Waals surface area contributed by atoms with Crippen LogP contribution in [0.5, 0.6) is 0 Å². The summed E-state index contributed by atoms with van der Waals surface area (Å²) in [5, 5.41) is 3.33. The Morgan fingerprint density at radius 1 is 1.21 bits per heavy atom. The standard InChI is InChI=1S/C25H30N6O3/c1-4-23(32)30-9-7-18(8-10-30)20-12-27-13-21(25(26)33)24(20)29-19-5-6-22(28-11-19)31-14-16(2)34-17(3)15-31/h4-7,11-13,16-17H,1,8-10,14-15H2,2-3H3,(H2,26,33)(H,27,29)/t16-,17+. The van der Waals surface area contributed by atoms with E-state index < -0.39 is 5.91 Å². The third-order valence-electron chi connectivity index (χ3n) is 6.01. The van der Waals surface area contributed by atoms with Gasteiger partial charge in [0, 0.05) is 44.1 Å². The quantitative estimate of drug-likeness (QED) is 0.635. The van der Waals surface area contributed by atoms with Crippen LogP contribution in [0.15, 0.2) is 49.5 Å². The summed E-state index contributed by atoms with van der Waals surface area (Å²) in [6.07, 6.45) is 9.12. The van der Waals surface area contributed by atoms with E-state index in [0.29, 0.717) is 30.8 Å². The van der Waals surface area contributed by atoms with Gasteiger partial charge >= 0.3 is 0 Å². The van der Waals surface area contributed by atoms with Gasteiger partial charge in [0.2, 0.25) is 5.91 Å². The molecule has 1 saturated heterocycles. The first-order valence-corrected chi connectivity index (χ1v) is 11.4. The molecule has 0 saturated carbocycles. The van der Waals surface area contributed by atoms with Crippen molar-refractivity contribution in [2.75, 3.05) is 36.4 Å². The number of morpholine rings is 1. The number of hydrogen-bond acceptors (Lipinski definition) is 7. The summed E-state index contributed by atoms with van der Waals surface area (Å²) in [4.78, 5) is 36.9. The Balaban J connectivity index is 1.59. The van der Waals surface area contributed by atoms with Gasteiger partial charge in [-0.15, -0.1) is 0 Å². The first-order valence-electron chi connectivity index (χ1n) is 11.4. The van der Waals surface area contributed by atoms with Crippen molar-refractivity contribution in [3.05, 3.63) is 60.6 Å². The smallest absolute Gasteiger partial charge is 0.252 e. The van der Waals surface area contributed by atoms with Crippen LogP contribution in [0.2, 0.25) is 0 Å². The molecule has 9 heteroatoms. The molecular formula is C25H30N6O3. The summed E-state index contributed by atoms with van der Waals surface area (Å²) < 4.78 is 5.81. The molecule has 9 nitrogen and oxygen atoms in total. The summed E-state index contributed by atoms with van der Waals surface area (Å²) in [7, 11) is 0. The third-order valence-corrected chi connectivity index (χ3v) is 6.01. The van der Waals surface area contributed by atoms with Gasteiger partial charge in [-0.1, -0.05) is 12.7 Å². The molecule has 0 aliphatic carbocycles. The van der Waals surface area contributed by atoms with Crippen molar-refractivity contribution in [1.82, 2.24) is 14.9 Å². The highest BCUT2D eigenvalue weighted by Crippen LogP contribution is 2.33. The number of pyridine rings is 2. The lowest BCUT2D eigenvalue weighted by Crippen LogP contribution is -2.45. The first-order chi connectivity index (χ1) is 16.4. The largest absolute Gasteiger partial charge is 0.372 e. The van der Waals surface area contributed by atoms with Crippen molar-refractivity contribution >= 4 is 34.6 Å². The molecule has 34 heavy (non-hydrogen) atoms. The summed E-state index contributed by atoms with van der Waals surface area (Å²) in [6.45, 7) is 10.3. The Hall–Kier alpha value is -3.72. The SMILES string of the molecule is C=CC(=O)N1CC=C(c2cncc(C(N)=O)c2Nc2ccc(N3C[C@@H](C)O[C@@H](C)C3)nc2)CC1. The third kappa shape index (κ3) is 5.09. The van der Waals surface area contributed by atoms with Gasteiger partial charge in [0.05, 0.1) is 35.3 Å². The number of aromatic nitrogens is 2. The zero-order valence-corrected chi connectivity index (χ0v) is 19.5. The van der Waals surface area contributed by atoms with Crippen molar-refractivity contribution < 1.29 is 14.3 Å². The lowest BCUT2D eigenvalue weighted by Gasteiger charge is -2.36. The Morgan fingerprint density at radius 3 is 2.56 bits per heavy atom. The number of anilines is 3. The Bertz CT molecular complexity index is 1100. The van der Waals surface area contributed by atoms with E-state index in [1.807, 2.05) is 18.2 Å². The molecule has 0 bridgehead atoms. The van der Waals surface area contributed by atoms with E-state index in [1.54, 1.807) is 17.3 Å². The molecule has 4 heterocycles. The van der Waals surface area contributed by atoms with Gasteiger partial charge in [-0.3, -0.25) is 14.6 Å². The van der Waals surface area contributed by atoms with E-state index in [0.717, 1.165) is 35.7 Å². The van der Waals surface area contributed by atoms with Crippen molar-refractivity contribution in [3.63, 3.8) is 0 Å². The number of hydrogen-bond donors (Lipinski definition) is 2. The maximum atomic E-state index is 12.2. The van der Waals surface area contributed by atoms with Gasteiger partial charge in [0.25, 0.3) is 5.91 Å². The molecule has 0 aromatic carbocycles. The lowest BCUT2D eigenvalue weighted by atomic mass is 9.97. The number of nitrogens with zero attached hydrogens (tertiary/aromatic N) is 4. The highest BCUT2D eigenvalue weighted by molar-refractivity contribution is 6.01. The van der Waals surface area contributed by atoms with Crippen LogP contribution in [0.1, 0.15) is 36.2 Å². The zero-order chi connectivity index (χ0) is 24.2. The minimum atomic E-state index is -0.572. The molecule has 2 atom stereocenters.